The second-order valence-corrected chi connectivity index (χ2v) is 7.43. The zero-order chi connectivity index (χ0) is 21.3. The van der Waals surface area contributed by atoms with Crippen LogP contribution in [0, 0.1) is 13.8 Å². The molecule has 3 aromatic rings. The van der Waals surface area contributed by atoms with Crippen molar-refractivity contribution in [2.24, 2.45) is 0 Å². The van der Waals surface area contributed by atoms with Gasteiger partial charge in [-0.1, -0.05) is 23.9 Å². The molecule has 1 aromatic carbocycles. The Bertz CT molecular complexity index is 1060. The van der Waals surface area contributed by atoms with E-state index < -0.39 is 17.8 Å². The average molecular weight is 423 g/mol. The third-order valence-corrected chi connectivity index (χ3v) is 5.18. The molecule has 29 heavy (non-hydrogen) atoms. The molecule has 0 aliphatic rings. The Morgan fingerprint density at radius 1 is 1.28 bits per heavy atom. The molecule has 0 bridgehead atoms. The number of nitrogens with one attached hydrogen (secondary N) is 1. The number of aryl methyl sites for hydroxylation is 2. The van der Waals surface area contributed by atoms with E-state index >= 15 is 0 Å². The molecule has 6 nitrogen and oxygen atoms in total. The molecular formula is C19H20F3N5OS. The lowest BCUT2D eigenvalue weighted by Gasteiger charge is -2.17. The summed E-state index contributed by atoms with van der Waals surface area (Å²) in [6.45, 7) is 5.27. The number of carbonyl (C=O) groups is 1. The zero-order valence-corrected chi connectivity index (χ0v) is 17.1. The average Bonchev–Trinajstić information content (AvgIpc) is 3.07. The molecule has 10 heteroatoms. The predicted molar refractivity (Wildman–Crippen MR) is 104 cm³/mol. The number of hydrogen-bond acceptors (Lipinski definition) is 5. The van der Waals surface area contributed by atoms with Crippen LogP contribution in [0.5, 0.6) is 0 Å². The fraction of sp³-hybridized carbons (Fsp3) is 0.368. The van der Waals surface area contributed by atoms with Gasteiger partial charge in [-0.2, -0.15) is 18.2 Å². The lowest BCUT2D eigenvalue weighted by atomic mass is 10.0. The summed E-state index contributed by atoms with van der Waals surface area (Å²) in [6, 6.07) is 4.38. The van der Waals surface area contributed by atoms with Crippen LogP contribution in [0.1, 0.15) is 41.0 Å². The van der Waals surface area contributed by atoms with Crippen LogP contribution in [0.15, 0.2) is 29.4 Å². The molecule has 1 atom stereocenters. The Hall–Kier alpha value is -2.62. The SMILES string of the molecule is CSc1nc2nc(C)c(CC(=O)NC(C)c3cccc(C(F)(F)F)c3)c(C)n2n1. The molecular weight excluding hydrogens is 403 g/mol. The Labute approximate surface area is 169 Å². The molecule has 1 unspecified atom stereocenters. The summed E-state index contributed by atoms with van der Waals surface area (Å²) in [5, 5.41) is 7.69. The molecule has 2 aromatic heterocycles. The molecule has 0 spiro atoms. The van der Waals surface area contributed by atoms with Crippen molar-refractivity contribution in [2.45, 2.75) is 44.6 Å². The normalized spacial score (nSPS) is 12.9. The maximum atomic E-state index is 12.9. The van der Waals surface area contributed by atoms with Crippen molar-refractivity contribution in [3.63, 3.8) is 0 Å². The number of benzene rings is 1. The van der Waals surface area contributed by atoms with Gasteiger partial charge in [-0.3, -0.25) is 4.79 Å². The number of carbonyl (C=O) groups excluding carboxylic acids is 1. The maximum absolute atomic E-state index is 12.9. The van der Waals surface area contributed by atoms with Crippen molar-refractivity contribution in [3.8, 4) is 0 Å². The van der Waals surface area contributed by atoms with E-state index in [4.69, 9.17) is 0 Å². The van der Waals surface area contributed by atoms with Gasteiger partial charge in [0.25, 0.3) is 5.78 Å². The first kappa shape index (κ1) is 21.1. The van der Waals surface area contributed by atoms with Crippen molar-refractivity contribution in [2.75, 3.05) is 6.26 Å². The summed E-state index contributed by atoms with van der Waals surface area (Å²) < 4.78 is 40.3. The van der Waals surface area contributed by atoms with Crippen LogP contribution in [-0.4, -0.2) is 31.7 Å². The van der Waals surface area contributed by atoms with Crippen molar-refractivity contribution < 1.29 is 18.0 Å². The summed E-state index contributed by atoms with van der Waals surface area (Å²) >= 11 is 1.40. The first-order valence-corrected chi connectivity index (χ1v) is 10.1. The van der Waals surface area contributed by atoms with Crippen LogP contribution in [0.3, 0.4) is 0 Å². The van der Waals surface area contributed by atoms with Crippen LogP contribution in [0.25, 0.3) is 5.78 Å². The number of hydrogen-bond donors (Lipinski definition) is 1. The van der Waals surface area contributed by atoms with Crippen LogP contribution >= 0.6 is 11.8 Å². The van der Waals surface area contributed by atoms with Crippen LogP contribution in [0.4, 0.5) is 13.2 Å². The van der Waals surface area contributed by atoms with Gasteiger partial charge >= 0.3 is 6.18 Å². The molecule has 3 rings (SSSR count). The zero-order valence-electron chi connectivity index (χ0n) is 16.3. The Morgan fingerprint density at radius 3 is 2.66 bits per heavy atom. The molecule has 1 amide bonds. The van der Waals surface area contributed by atoms with E-state index in [-0.39, 0.29) is 12.3 Å². The molecule has 0 radical (unpaired) electrons. The molecule has 0 aliphatic heterocycles. The van der Waals surface area contributed by atoms with E-state index in [0.717, 1.165) is 17.8 Å². The van der Waals surface area contributed by atoms with Crippen molar-refractivity contribution in [3.05, 3.63) is 52.3 Å². The van der Waals surface area contributed by atoms with Gasteiger partial charge in [0.2, 0.25) is 11.1 Å². The van der Waals surface area contributed by atoms with Gasteiger partial charge in [0.15, 0.2) is 0 Å². The minimum atomic E-state index is -4.43. The van der Waals surface area contributed by atoms with Crippen LogP contribution in [0.2, 0.25) is 0 Å². The number of halogens is 3. The fourth-order valence-corrected chi connectivity index (χ4v) is 3.39. The van der Waals surface area contributed by atoms with Gasteiger partial charge in [0.05, 0.1) is 18.0 Å². The van der Waals surface area contributed by atoms with Crippen molar-refractivity contribution in [1.82, 2.24) is 24.9 Å². The lowest BCUT2D eigenvalue weighted by Crippen LogP contribution is -2.29. The summed E-state index contributed by atoms with van der Waals surface area (Å²) in [6.07, 6.45) is -2.53. The van der Waals surface area contributed by atoms with Gasteiger partial charge in [-0.25, -0.2) is 9.50 Å². The molecule has 0 saturated carbocycles. The van der Waals surface area contributed by atoms with Crippen molar-refractivity contribution in [1.29, 1.82) is 0 Å². The van der Waals surface area contributed by atoms with Crippen LogP contribution < -0.4 is 5.32 Å². The van der Waals surface area contributed by atoms with E-state index in [1.807, 2.05) is 13.2 Å². The second-order valence-electron chi connectivity index (χ2n) is 6.66. The number of alkyl halides is 3. The highest BCUT2D eigenvalue weighted by atomic mass is 32.2. The van der Waals surface area contributed by atoms with E-state index in [1.165, 1.54) is 17.8 Å². The fourth-order valence-electron chi connectivity index (χ4n) is 3.05. The topological polar surface area (TPSA) is 72.2 Å². The summed E-state index contributed by atoms with van der Waals surface area (Å²) in [5.41, 5.74) is 1.77. The van der Waals surface area contributed by atoms with Crippen LogP contribution in [-0.2, 0) is 17.4 Å². The second kappa shape index (κ2) is 8.02. The van der Waals surface area contributed by atoms with Gasteiger partial charge in [-0.05, 0) is 44.7 Å². The summed E-state index contributed by atoms with van der Waals surface area (Å²) in [5.74, 6) is 0.151. The number of aromatic nitrogens is 4. The quantitative estimate of drug-likeness (QED) is 0.630. The first-order chi connectivity index (χ1) is 13.6. The summed E-state index contributed by atoms with van der Waals surface area (Å²) in [7, 11) is 0. The monoisotopic (exact) mass is 423 g/mol. The Balaban J connectivity index is 1.79. The number of nitrogens with zero attached hydrogens (tertiary/aromatic N) is 4. The van der Waals surface area contributed by atoms with Crippen molar-refractivity contribution >= 4 is 23.4 Å². The smallest absolute Gasteiger partial charge is 0.349 e. The molecule has 2 heterocycles. The number of thioether (sulfide) groups is 1. The molecule has 0 aliphatic carbocycles. The summed E-state index contributed by atoms with van der Waals surface area (Å²) in [4.78, 5) is 21.3. The number of rotatable bonds is 5. The van der Waals surface area contributed by atoms with E-state index in [9.17, 15) is 18.0 Å². The third kappa shape index (κ3) is 4.52. The third-order valence-electron chi connectivity index (χ3n) is 4.64. The molecule has 154 valence electrons. The van der Waals surface area contributed by atoms with E-state index in [1.54, 1.807) is 24.4 Å². The minimum Gasteiger partial charge on any atom is -0.349 e. The maximum Gasteiger partial charge on any atom is 0.416 e. The first-order valence-electron chi connectivity index (χ1n) is 8.83. The van der Waals surface area contributed by atoms with Gasteiger partial charge in [0, 0.05) is 17.0 Å². The van der Waals surface area contributed by atoms with Gasteiger partial charge in [-0.15, -0.1) is 5.10 Å². The predicted octanol–water partition coefficient (Wildman–Crippen LogP) is 3.90. The number of amides is 1. The number of fused-ring (bicyclic) bond motifs is 1. The van der Waals surface area contributed by atoms with Gasteiger partial charge < -0.3 is 5.32 Å². The molecule has 1 N–H and O–H groups in total. The highest BCUT2D eigenvalue weighted by Crippen LogP contribution is 2.30. The Kier molecular flexibility index (Phi) is 5.83. The molecule has 0 fully saturated rings. The lowest BCUT2D eigenvalue weighted by molar-refractivity contribution is -0.137. The minimum absolute atomic E-state index is 0.0400. The Morgan fingerprint density at radius 2 is 2.00 bits per heavy atom. The van der Waals surface area contributed by atoms with Gasteiger partial charge in [0.1, 0.15) is 0 Å². The molecule has 0 saturated heterocycles. The van der Waals surface area contributed by atoms with E-state index in [2.05, 4.69) is 20.4 Å². The largest absolute Gasteiger partial charge is 0.416 e. The standard InChI is InChI=1S/C19H20F3N5OS/c1-10(13-6-5-7-14(8-13)19(20,21)22)23-16(28)9-15-11(2)24-17-25-18(29-4)26-27(17)12(15)3/h5-8,10H,9H2,1-4H3,(H,23,28). The highest BCUT2D eigenvalue weighted by Gasteiger charge is 2.30. The van der Waals surface area contributed by atoms with E-state index in [0.29, 0.717) is 27.8 Å². The highest BCUT2D eigenvalue weighted by molar-refractivity contribution is 7.98.